The number of aryl methyl sites for hydroxylation is 2. The fraction of sp³-hybridized carbons (Fsp3) is 0.286. The molecule has 1 saturated heterocycles. The van der Waals surface area contributed by atoms with Crippen LogP contribution in [0.15, 0.2) is 78.9 Å². The van der Waals surface area contributed by atoms with Gasteiger partial charge in [0.2, 0.25) is 0 Å². The maximum Gasteiger partial charge on any atom is 0.338 e. The van der Waals surface area contributed by atoms with E-state index in [1.165, 1.54) is 11.8 Å². The highest BCUT2D eigenvalue weighted by Gasteiger charge is 2.47. The van der Waals surface area contributed by atoms with Crippen molar-refractivity contribution in [2.75, 3.05) is 6.61 Å². The van der Waals surface area contributed by atoms with E-state index in [4.69, 9.17) is 14.2 Å². The number of carbonyl (C=O) groups is 2. The minimum absolute atomic E-state index is 0.0362. The van der Waals surface area contributed by atoms with Gasteiger partial charge in [-0.15, -0.1) is 11.8 Å². The first-order chi connectivity index (χ1) is 16.9. The maximum atomic E-state index is 12.9. The van der Waals surface area contributed by atoms with E-state index in [0.717, 1.165) is 16.7 Å². The van der Waals surface area contributed by atoms with Gasteiger partial charge in [-0.2, -0.15) is 0 Å². The first-order valence-electron chi connectivity index (χ1n) is 11.4. The number of ether oxygens (including phenoxy) is 3. The molecule has 0 radical (unpaired) electrons. The van der Waals surface area contributed by atoms with Crippen LogP contribution in [0.1, 0.15) is 37.4 Å². The first-order valence-corrected chi connectivity index (χ1v) is 12.4. The number of aliphatic hydroxyl groups is 1. The Morgan fingerprint density at radius 2 is 1.37 bits per heavy atom. The Morgan fingerprint density at radius 3 is 1.97 bits per heavy atom. The van der Waals surface area contributed by atoms with Gasteiger partial charge in [0.05, 0.1) is 23.0 Å². The monoisotopic (exact) mass is 492 g/mol. The number of hydrogen-bond donors (Lipinski definition) is 1. The topological polar surface area (TPSA) is 82.1 Å². The number of thioether (sulfide) groups is 1. The SMILES string of the molecule is Cc1ccc(C(=O)OCC2SC(O)C(OCc3ccccc3)C2OC(=O)c2ccc(C)cc2)cc1. The Bertz CT molecular complexity index is 1130. The lowest BCUT2D eigenvalue weighted by Gasteiger charge is -2.25. The van der Waals surface area contributed by atoms with E-state index >= 15 is 0 Å². The van der Waals surface area contributed by atoms with Crippen molar-refractivity contribution in [3.8, 4) is 0 Å². The van der Waals surface area contributed by atoms with E-state index in [9.17, 15) is 14.7 Å². The molecule has 1 aliphatic rings. The largest absolute Gasteiger partial charge is 0.461 e. The molecule has 35 heavy (non-hydrogen) atoms. The van der Waals surface area contributed by atoms with Crippen molar-refractivity contribution in [3.63, 3.8) is 0 Å². The van der Waals surface area contributed by atoms with E-state index in [-0.39, 0.29) is 13.2 Å². The van der Waals surface area contributed by atoms with E-state index in [2.05, 4.69) is 0 Å². The number of benzene rings is 3. The van der Waals surface area contributed by atoms with Crippen molar-refractivity contribution in [3.05, 3.63) is 107 Å². The van der Waals surface area contributed by atoms with Gasteiger partial charge in [0.25, 0.3) is 0 Å². The van der Waals surface area contributed by atoms with Gasteiger partial charge in [-0.25, -0.2) is 9.59 Å². The van der Waals surface area contributed by atoms with Crippen molar-refractivity contribution in [2.45, 2.75) is 43.3 Å². The maximum absolute atomic E-state index is 12.9. The highest BCUT2D eigenvalue weighted by Crippen LogP contribution is 2.38. The molecular formula is C28H28O6S. The molecule has 3 aromatic rings. The summed E-state index contributed by atoms with van der Waals surface area (Å²) in [6.07, 6.45) is -1.59. The third-order valence-electron chi connectivity index (χ3n) is 5.77. The molecule has 1 fully saturated rings. The Kier molecular flexibility index (Phi) is 8.23. The van der Waals surface area contributed by atoms with Crippen LogP contribution in [0.3, 0.4) is 0 Å². The molecule has 7 heteroatoms. The standard InChI is InChI=1S/C28H28O6S/c1-18-8-12-21(13-9-18)26(29)33-17-23-24(34-27(30)22-14-10-19(2)11-15-22)25(28(31)35-23)32-16-20-6-4-3-5-7-20/h3-15,23-25,28,31H,16-17H2,1-2H3. The van der Waals surface area contributed by atoms with E-state index in [0.29, 0.717) is 11.1 Å². The number of carbonyl (C=O) groups excluding carboxylic acids is 2. The number of esters is 2. The van der Waals surface area contributed by atoms with Crippen molar-refractivity contribution in [1.29, 1.82) is 0 Å². The van der Waals surface area contributed by atoms with E-state index in [1.54, 1.807) is 24.3 Å². The minimum Gasteiger partial charge on any atom is -0.461 e. The van der Waals surface area contributed by atoms with Crippen LogP contribution < -0.4 is 0 Å². The second-order valence-electron chi connectivity index (χ2n) is 8.53. The second-order valence-corrected chi connectivity index (χ2v) is 9.89. The zero-order chi connectivity index (χ0) is 24.8. The van der Waals surface area contributed by atoms with Crippen molar-refractivity contribution in [2.24, 2.45) is 0 Å². The fourth-order valence-electron chi connectivity index (χ4n) is 3.74. The molecule has 0 bridgehead atoms. The molecule has 182 valence electrons. The molecule has 0 aromatic heterocycles. The van der Waals surface area contributed by atoms with E-state index in [1.807, 2.05) is 68.4 Å². The zero-order valence-corrected chi connectivity index (χ0v) is 20.4. The van der Waals surface area contributed by atoms with Crippen LogP contribution in [-0.4, -0.2) is 46.5 Å². The van der Waals surface area contributed by atoms with Gasteiger partial charge in [0, 0.05) is 0 Å². The summed E-state index contributed by atoms with van der Waals surface area (Å²) in [5, 5.41) is 10.3. The summed E-state index contributed by atoms with van der Waals surface area (Å²) in [4.78, 5) is 25.4. The van der Waals surface area contributed by atoms with Crippen LogP contribution in [0.25, 0.3) is 0 Å². The van der Waals surface area contributed by atoms with Crippen LogP contribution in [0.4, 0.5) is 0 Å². The normalized spacial score (nSPS) is 21.5. The lowest BCUT2D eigenvalue weighted by atomic mass is 10.1. The Labute approximate surface area is 209 Å². The Balaban J connectivity index is 1.47. The van der Waals surface area contributed by atoms with Crippen LogP contribution in [0.2, 0.25) is 0 Å². The highest BCUT2D eigenvalue weighted by atomic mass is 32.2. The molecule has 0 amide bonds. The Morgan fingerprint density at radius 1 is 0.800 bits per heavy atom. The van der Waals surface area contributed by atoms with Crippen LogP contribution in [0.5, 0.6) is 0 Å². The molecule has 1 N–H and O–H groups in total. The van der Waals surface area contributed by atoms with Gasteiger partial charge in [0.1, 0.15) is 24.3 Å². The molecule has 0 spiro atoms. The molecule has 3 aromatic carbocycles. The average molecular weight is 493 g/mol. The molecule has 4 unspecified atom stereocenters. The molecule has 0 saturated carbocycles. The molecule has 0 aliphatic carbocycles. The molecule has 4 rings (SSSR count). The van der Waals surface area contributed by atoms with Crippen molar-refractivity contribution >= 4 is 23.7 Å². The summed E-state index contributed by atoms with van der Waals surface area (Å²) >= 11 is 1.17. The zero-order valence-electron chi connectivity index (χ0n) is 19.6. The van der Waals surface area contributed by atoms with Crippen LogP contribution >= 0.6 is 11.8 Å². The number of hydrogen-bond acceptors (Lipinski definition) is 7. The number of rotatable bonds is 8. The van der Waals surface area contributed by atoms with E-state index < -0.39 is 34.8 Å². The summed E-state index contributed by atoms with van der Waals surface area (Å²) in [6.45, 7) is 4.09. The predicted octanol–water partition coefficient (Wildman–Crippen LogP) is 4.71. The Hall–Kier alpha value is -3.13. The van der Waals surface area contributed by atoms with Gasteiger partial charge < -0.3 is 19.3 Å². The summed E-state index contributed by atoms with van der Waals surface area (Å²) in [5.74, 6) is -0.995. The third-order valence-corrected chi connectivity index (χ3v) is 7.07. The number of aliphatic hydroxyl groups excluding tert-OH is 1. The van der Waals surface area contributed by atoms with Crippen LogP contribution in [0, 0.1) is 13.8 Å². The fourth-order valence-corrected chi connectivity index (χ4v) is 5.00. The van der Waals surface area contributed by atoms with Gasteiger partial charge in [0.15, 0.2) is 0 Å². The smallest absolute Gasteiger partial charge is 0.338 e. The highest BCUT2D eigenvalue weighted by molar-refractivity contribution is 8.00. The predicted molar refractivity (Wildman–Crippen MR) is 134 cm³/mol. The van der Waals surface area contributed by atoms with Gasteiger partial charge in [-0.05, 0) is 43.7 Å². The molecule has 1 heterocycles. The van der Waals surface area contributed by atoms with Gasteiger partial charge in [-0.3, -0.25) is 0 Å². The minimum atomic E-state index is -0.947. The quantitative estimate of drug-likeness (QED) is 0.456. The summed E-state index contributed by atoms with van der Waals surface area (Å²) in [5.41, 5.74) is 2.89. The molecular weight excluding hydrogens is 464 g/mol. The average Bonchev–Trinajstić information content (AvgIpc) is 3.16. The summed E-state index contributed by atoms with van der Waals surface area (Å²) in [7, 11) is 0. The van der Waals surface area contributed by atoms with Gasteiger partial charge in [-0.1, -0.05) is 65.7 Å². The first kappa shape index (κ1) is 25.0. The lowest BCUT2D eigenvalue weighted by Crippen LogP contribution is -2.40. The molecule has 1 aliphatic heterocycles. The lowest BCUT2D eigenvalue weighted by molar-refractivity contribution is -0.0821. The summed E-state index contributed by atoms with van der Waals surface area (Å²) in [6, 6.07) is 23.7. The van der Waals surface area contributed by atoms with Crippen LogP contribution in [-0.2, 0) is 20.8 Å². The second kappa shape index (κ2) is 11.5. The summed E-state index contributed by atoms with van der Waals surface area (Å²) < 4.78 is 17.4. The van der Waals surface area contributed by atoms with Crippen molar-refractivity contribution in [1.82, 2.24) is 0 Å². The molecule has 4 atom stereocenters. The molecule has 6 nitrogen and oxygen atoms in total. The van der Waals surface area contributed by atoms with Gasteiger partial charge >= 0.3 is 11.9 Å². The third kappa shape index (κ3) is 6.51. The van der Waals surface area contributed by atoms with Crippen molar-refractivity contribution < 1.29 is 28.9 Å².